The summed E-state index contributed by atoms with van der Waals surface area (Å²) in [6.07, 6.45) is -5.78. The number of aliphatic hydroxyl groups excluding tert-OH is 4. The van der Waals surface area contributed by atoms with Crippen molar-refractivity contribution in [2.24, 2.45) is 9.98 Å². The highest BCUT2D eigenvalue weighted by molar-refractivity contribution is 7.78. The van der Waals surface area contributed by atoms with Crippen molar-refractivity contribution in [2.75, 3.05) is 13.1 Å². The third-order valence-corrected chi connectivity index (χ3v) is 2.08. The molecule has 0 amide bonds. The molecule has 0 aromatic carbocycles. The molecule has 4 N–H and O–H groups in total. The molecule has 4 unspecified atom stereocenters. The third kappa shape index (κ3) is 5.50. The largest absolute Gasteiger partial charge is 0.388 e. The molecule has 6 nitrogen and oxygen atoms in total. The maximum Gasteiger partial charge on any atom is 0.110 e. The van der Waals surface area contributed by atoms with E-state index in [9.17, 15) is 20.4 Å². The second-order valence-electron chi connectivity index (χ2n) is 2.98. The van der Waals surface area contributed by atoms with Gasteiger partial charge in [-0.2, -0.15) is 0 Å². The van der Waals surface area contributed by atoms with Crippen LogP contribution in [0.4, 0.5) is 0 Å². The minimum atomic E-state index is -1.55. The average molecular weight is 264 g/mol. The number of aliphatic imine (C=N–C) groups is 2. The highest BCUT2D eigenvalue weighted by Gasteiger charge is 2.29. The van der Waals surface area contributed by atoms with Crippen LogP contribution in [-0.4, -0.2) is 68.3 Å². The smallest absolute Gasteiger partial charge is 0.110 e. The van der Waals surface area contributed by atoms with E-state index in [1.165, 1.54) is 0 Å². The Morgan fingerprint density at radius 1 is 0.812 bits per heavy atom. The summed E-state index contributed by atoms with van der Waals surface area (Å²) >= 11 is 8.55. The lowest BCUT2D eigenvalue weighted by atomic mass is 10.0. The fraction of sp³-hybridized carbons (Fsp3) is 0.750. The van der Waals surface area contributed by atoms with Gasteiger partial charge in [0.1, 0.15) is 24.4 Å². The molecule has 0 saturated heterocycles. The van der Waals surface area contributed by atoms with Crippen molar-refractivity contribution in [3.8, 4) is 0 Å². The molecule has 0 saturated carbocycles. The molecule has 0 aromatic heterocycles. The van der Waals surface area contributed by atoms with Crippen molar-refractivity contribution >= 4 is 34.8 Å². The van der Waals surface area contributed by atoms with Gasteiger partial charge in [-0.15, -0.1) is 0 Å². The van der Waals surface area contributed by atoms with E-state index in [0.717, 1.165) is 0 Å². The lowest BCUT2D eigenvalue weighted by Crippen LogP contribution is -2.46. The summed E-state index contributed by atoms with van der Waals surface area (Å²) in [4.78, 5) is 6.81. The van der Waals surface area contributed by atoms with Gasteiger partial charge in [-0.05, 0) is 24.4 Å². The van der Waals surface area contributed by atoms with E-state index in [1.54, 1.807) is 0 Å². The molecule has 16 heavy (non-hydrogen) atoms. The summed E-state index contributed by atoms with van der Waals surface area (Å²) in [5, 5.41) is 41.5. The Bertz CT molecular complexity index is 272. The molecule has 0 aliphatic carbocycles. The van der Waals surface area contributed by atoms with Crippen molar-refractivity contribution in [3.05, 3.63) is 0 Å². The normalized spacial score (nSPS) is 17.5. The molecule has 90 valence electrons. The first-order valence-electron chi connectivity index (χ1n) is 4.34. The van der Waals surface area contributed by atoms with E-state index < -0.39 is 24.4 Å². The van der Waals surface area contributed by atoms with Crippen molar-refractivity contribution in [1.82, 2.24) is 0 Å². The summed E-state index contributed by atoms with van der Waals surface area (Å²) in [7, 11) is 0. The number of hydrogen-bond acceptors (Lipinski definition) is 8. The zero-order chi connectivity index (χ0) is 12.6. The van der Waals surface area contributed by atoms with Gasteiger partial charge in [0.05, 0.1) is 23.4 Å². The Kier molecular flexibility index (Phi) is 8.28. The van der Waals surface area contributed by atoms with Gasteiger partial charge in [0.15, 0.2) is 0 Å². The van der Waals surface area contributed by atoms with Crippen molar-refractivity contribution < 1.29 is 20.4 Å². The molecule has 4 atom stereocenters. The van der Waals surface area contributed by atoms with Gasteiger partial charge in [-0.1, -0.05) is 0 Å². The standard InChI is InChI=1S/C8H12N2O4S2/c11-5(1-9-3-15)7(13)8(14)6(12)2-10-4-16/h5-8,11-14H,1-2H2. The van der Waals surface area contributed by atoms with E-state index in [1.807, 2.05) is 10.3 Å². The van der Waals surface area contributed by atoms with E-state index in [2.05, 4.69) is 34.4 Å². The monoisotopic (exact) mass is 264 g/mol. The lowest BCUT2D eigenvalue weighted by Gasteiger charge is -2.24. The maximum absolute atomic E-state index is 9.41. The molecule has 0 aromatic rings. The van der Waals surface area contributed by atoms with Gasteiger partial charge < -0.3 is 20.4 Å². The minimum Gasteiger partial charge on any atom is -0.388 e. The van der Waals surface area contributed by atoms with Crippen LogP contribution in [0.1, 0.15) is 0 Å². The number of isothiocyanates is 2. The molecule has 0 spiro atoms. The molecular weight excluding hydrogens is 252 g/mol. The van der Waals surface area contributed by atoms with Crippen LogP contribution in [0.5, 0.6) is 0 Å². The zero-order valence-corrected chi connectivity index (χ0v) is 9.86. The Hall–Kier alpha value is -0.560. The highest BCUT2D eigenvalue weighted by atomic mass is 32.1. The molecule has 0 rings (SSSR count). The van der Waals surface area contributed by atoms with E-state index in [-0.39, 0.29) is 13.1 Å². The summed E-state index contributed by atoms with van der Waals surface area (Å²) in [6.45, 7) is -0.407. The summed E-state index contributed by atoms with van der Waals surface area (Å²) in [5.41, 5.74) is 0. The topological polar surface area (TPSA) is 106 Å². The van der Waals surface area contributed by atoms with Crippen molar-refractivity contribution in [1.29, 1.82) is 0 Å². The zero-order valence-electron chi connectivity index (χ0n) is 8.22. The summed E-state index contributed by atoms with van der Waals surface area (Å²) in [5.74, 6) is 0. The summed E-state index contributed by atoms with van der Waals surface area (Å²) < 4.78 is 0. The fourth-order valence-electron chi connectivity index (χ4n) is 0.933. The Morgan fingerprint density at radius 3 is 1.38 bits per heavy atom. The Morgan fingerprint density at radius 2 is 1.12 bits per heavy atom. The molecule has 0 fully saturated rings. The van der Waals surface area contributed by atoms with Crippen LogP contribution in [-0.2, 0) is 0 Å². The molecule has 0 aliphatic rings. The van der Waals surface area contributed by atoms with Crippen LogP contribution in [0, 0.1) is 0 Å². The van der Waals surface area contributed by atoms with Crippen LogP contribution >= 0.6 is 24.4 Å². The van der Waals surface area contributed by atoms with Gasteiger partial charge in [0.25, 0.3) is 0 Å². The van der Waals surface area contributed by atoms with Gasteiger partial charge >= 0.3 is 0 Å². The predicted octanol–water partition coefficient (Wildman–Crippen LogP) is -1.36. The first-order chi connectivity index (χ1) is 7.54. The molecular formula is C8H12N2O4S2. The molecule has 8 heteroatoms. The molecule has 0 bridgehead atoms. The van der Waals surface area contributed by atoms with Gasteiger partial charge in [-0.3, -0.25) is 0 Å². The number of aliphatic hydroxyl groups is 4. The summed E-state index contributed by atoms with van der Waals surface area (Å²) in [6, 6.07) is 0. The number of nitrogens with zero attached hydrogens (tertiary/aromatic N) is 2. The number of thiocarbonyl (C=S) groups is 2. The van der Waals surface area contributed by atoms with E-state index >= 15 is 0 Å². The fourth-order valence-corrected chi connectivity index (χ4v) is 1.08. The average Bonchev–Trinajstić information content (AvgIpc) is 2.30. The van der Waals surface area contributed by atoms with Gasteiger partial charge in [0.2, 0.25) is 0 Å². The van der Waals surface area contributed by atoms with Gasteiger partial charge in [-0.25, -0.2) is 9.98 Å². The van der Waals surface area contributed by atoms with Crippen molar-refractivity contribution in [2.45, 2.75) is 24.4 Å². The van der Waals surface area contributed by atoms with Crippen LogP contribution in [0.3, 0.4) is 0 Å². The van der Waals surface area contributed by atoms with Crippen LogP contribution in [0.2, 0.25) is 0 Å². The minimum absolute atomic E-state index is 0.203. The van der Waals surface area contributed by atoms with Crippen molar-refractivity contribution in [3.63, 3.8) is 0 Å². The molecule has 0 heterocycles. The number of hydrogen-bond donors (Lipinski definition) is 4. The third-order valence-electron chi connectivity index (χ3n) is 1.82. The maximum atomic E-state index is 9.41. The molecule has 0 radical (unpaired) electrons. The van der Waals surface area contributed by atoms with Crippen LogP contribution in [0.25, 0.3) is 0 Å². The van der Waals surface area contributed by atoms with Gasteiger partial charge in [0, 0.05) is 0 Å². The second-order valence-corrected chi connectivity index (χ2v) is 3.34. The number of rotatable bonds is 7. The first-order valence-corrected chi connectivity index (χ1v) is 5.15. The van der Waals surface area contributed by atoms with Crippen LogP contribution in [0.15, 0.2) is 9.98 Å². The highest BCUT2D eigenvalue weighted by Crippen LogP contribution is 2.06. The van der Waals surface area contributed by atoms with E-state index in [0.29, 0.717) is 0 Å². The Labute approximate surface area is 103 Å². The lowest BCUT2D eigenvalue weighted by molar-refractivity contribution is -0.0987. The first kappa shape index (κ1) is 15.4. The predicted molar refractivity (Wildman–Crippen MR) is 63.8 cm³/mol. The van der Waals surface area contributed by atoms with E-state index in [4.69, 9.17) is 0 Å². The Balaban J connectivity index is 4.28. The SMILES string of the molecule is OC(CN=C=S)C(O)C(O)C(O)CN=C=S. The quantitative estimate of drug-likeness (QED) is 0.334. The molecule has 0 aliphatic heterocycles. The second kappa shape index (κ2) is 8.58. The van der Waals surface area contributed by atoms with Crippen LogP contribution < -0.4 is 0 Å².